The van der Waals surface area contributed by atoms with E-state index in [0.29, 0.717) is 6.54 Å². The molecule has 0 amide bonds. The molecule has 5 nitrogen and oxygen atoms in total. The molecule has 0 bridgehead atoms. The summed E-state index contributed by atoms with van der Waals surface area (Å²) in [6.45, 7) is 2.42. The average Bonchev–Trinajstić information content (AvgIpc) is 2.90. The van der Waals surface area contributed by atoms with Crippen molar-refractivity contribution in [1.29, 1.82) is 0 Å². The second-order valence-corrected chi connectivity index (χ2v) is 6.02. The van der Waals surface area contributed by atoms with Crippen molar-refractivity contribution in [2.75, 3.05) is 0 Å². The van der Waals surface area contributed by atoms with E-state index in [4.69, 9.17) is 10.2 Å². The largest absolute Gasteiger partial charge is 0.472 e. The molecule has 0 fully saturated rings. The van der Waals surface area contributed by atoms with Gasteiger partial charge in [0.05, 0.1) is 17.4 Å². The molecule has 0 aliphatic carbocycles. The number of hydrogen-bond donors (Lipinski definition) is 2. The molecule has 2 aromatic rings. The van der Waals surface area contributed by atoms with Crippen molar-refractivity contribution in [2.24, 2.45) is 5.73 Å². The van der Waals surface area contributed by atoms with Crippen LogP contribution in [0.2, 0.25) is 0 Å². The van der Waals surface area contributed by atoms with Gasteiger partial charge in [-0.3, -0.25) is 0 Å². The van der Waals surface area contributed by atoms with Gasteiger partial charge in [0.15, 0.2) is 0 Å². The van der Waals surface area contributed by atoms with Crippen LogP contribution in [0, 0.1) is 6.92 Å². The Kier molecular flexibility index (Phi) is 4.04. The number of furan rings is 1. The Morgan fingerprint density at radius 3 is 2.74 bits per heavy atom. The van der Waals surface area contributed by atoms with Gasteiger partial charge < -0.3 is 10.2 Å². The molecule has 0 saturated carbocycles. The lowest BCUT2D eigenvalue weighted by Crippen LogP contribution is -2.23. The van der Waals surface area contributed by atoms with Gasteiger partial charge in [-0.2, -0.15) is 0 Å². The van der Waals surface area contributed by atoms with Crippen LogP contribution in [0.15, 0.2) is 46.1 Å². The molecule has 0 aliphatic heterocycles. The van der Waals surface area contributed by atoms with Crippen LogP contribution in [0.5, 0.6) is 0 Å². The summed E-state index contributed by atoms with van der Waals surface area (Å²) in [4.78, 5) is 0.224. The van der Waals surface area contributed by atoms with Gasteiger partial charge in [0, 0.05) is 18.7 Å². The molecule has 0 saturated heterocycles. The predicted octanol–water partition coefficient (Wildman–Crippen LogP) is 1.53. The monoisotopic (exact) mass is 280 g/mol. The Morgan fingerprint density at radius 2 is 2.11 bits per heavy atom. The van der Waals surface area contributed by atoms with Crippen molar-refractivity contribution in [3.8, 4) is 0 Å². The van der Waals surface area contributed by atoms with Crippen LogP contribution in [0.3, 0.4) is 0 Å². The maximum absolute atomic E-state index is 12.1. The van der Waals surface area contributed by atoms with E-state index in [1.807, 2.05) is 6.92 Å². The number of hydrogen-bond acceptors (Lipinski definition) is 4. The lowest BCUT2D eigenvalue weighted by molar-refractivity contribution is 0.561. The maximum Gasteiger partial charge on any atom is 0.240 e. The van der Waals surface area contributed by atoms with Crippen molar-refractivity contribution in [1.82, 2.24) is 4.72 Å². The van der Waals surface area contributed by atoms with Crippen molar-refractivity contribution in [2.45, 2.75) is 24.9 Å². The van der Waals surface area contributed by atoms with E-state index < -0.39 is 10.0 Å². The first-order valence-electron chi connectivity index (χ1n) is 5.83. The first-order chi connectivity index (χ1) is 9.03. The quantitative estimate of drug-likeness (QED) is 0.869. The van der Waals surface area contributed by atoms with Gasteiger partial charge in [-0.1, -0.05) is 6.07 Å². The molecule has 2 rings (SSSR count). The normalized spacial score (nSPS) is 11.7. The SMILES string of the molecule is Cc1ccc(S(=O)(=O)NCc2ccoc2)cc1CN. The van der Waals surface area contributed by atoms with Crippen LogP contribution in [-0.4, -0.2) is 8.42 Å². The molecule has 6 heteroatoms. The van der Waals surface area contributed by atoms with Crippen molar-refractivity contribution in [3.05, 3.63) is 53.5 Å². The standard InChI is InChI=1S/C13H16N2O3S/c1-10-2-3-13(6-12(10)7-14)19(16,17)15-8-11-4-5-18-9-11/h2-6,9,15H,7-8,14H2,1H3. The van der Waals surface area contributed by atoms with E-state index in [-0.39, 0.29) is 11.4 Å². The van der Waals surface area contributed by atoms with Crippen LogP contribution in [-0.2, 0) is 23.1 Å². The summed E-state index contributed by atoms with van der Waals surface area (Å²) >= 11 is 0. The van der Waals surface area contributed by atoms with Gasteiger partial charge >= 0.3 is 0 Å². The van der Waals surface area contributed by atoms with Gasteiger partial charge in [-0.15, -0.1) is 0 Å². The first kappa shape index (κ1) is 13.8. The summed E-state index contributed by atoms with van der Waals surface area (Å²) in [5, 5.41) is 0. The summed E-state index contributed by atoms with van der Waals surface area (Å²) in [5.41, 5.74) is 8.17. The van der Waals surface area contributed by atoms with Crippen LogP contribution in [0.25, 0.3) is 0 Å². The lowest BCUT2D eigenvalue weighted by atomic mass is 10.1. The highest BCUT2D eigenvalue weighted by Gasteiger charge is 2.15. The number of nitrogens with two attached hydrogens (primary N) is 1. The third kappa shape index (κ3) is 3.23. The summed E-state index contributed by atoms with van der Waals surface area (Å²) in [6.07, 6.45) is 3.00. The molecule has 3 N–H and O–H groups in total. The van der Waals surface area contributed by atoms with Crippen LogP contribution in [0.4, 0.5) is 0 Å². The van der Waals surface area contributed by atoms with Gasteiger partial charge in [-0.25, -0.2) is 13.1 Å². The minimum absolute atomic E-state index is 0.199. The van der Waals surface area contributed by atoms with Crippen LogP contribution in [0.1, 0.15) is 16.7 Å². The molecular formula is C13H16N2O3S. The third-order valence-corrected chi connectivity index (χ3v) is 4.30. The molecule has 0 aliphatic rings. The Labute approximate surface area is 112 Å². The smallest absolute Gasteiger partial charge is 0.240 e. The zero-order chi connectivity index (χ0) is 13.9. The molecule has 1 aromatic carbocycles. The number of nitrogens with one attached hydrogen (secondary N) is 1. The third-order valence-electron chi connectivity index (χ3n) is 2.90. The summed E-state index contributed by atoms with van der Waals surface area (Å²) in [6, 6.07) is 6.65. The lowest BCUT2D eigenvalue weighted by Gasteiger charge is -2.09. The molecule has 0 unspecified atom stereocenters. The number of aryl methyl sites for hydroxylation is 1. The molecule has 19 heavy (non-hydrogen) atoms. The highest BCUT2D eigenvalue weighted by molar-refractivity contribution is 7.89. The Hall–Kier alpha value is -1.63. The minimum Gasteiger partial charge on any atom is -0.472 e. The summed E-state index contributed by atoms with van der Waals surface area (Å²) in [7, 11) is -3.53. The molecule has 1 heterocycles. The number of benzene rings is 1. The van der Waals surface area contributed by atoms with Crippen LogP contribution < -0.4 is 10.5 Å². The summed E-state index contributed by atoms with van der Waals surface area (Å²) in [5.74, 6) is 0. The van der Waals surface area contributed by atoms with Gasteiger partial charge in [0.1, 0.15) is 0 Å². The van der Waals surface area contributed by atoms with E-state index in [1.165, 1.54) is 12.5 Å². The molecule has 0 radical (unpaired) electrons. The second-order valence-electron chi connectivity index (χ2n) is 4.25. The predicted molar refractivity (Wildman–Crippen MR) is 71.8 cm³/mol. The number of sulfonamides is 1. The minimum atomic E-state index is -3.53. The Balaban J connectivity index is 2.19. The highest BCUT2D eigenvalue weighted by atomic mass is 32.2. The van der Waals surface area contributed by atoms with E-state index >= 15 is 0 Å². The molecule has 0 atom stereocenters. The molecule has 1 aromatic heterocycles. The zero-order valence-electron chi connectivity index (χ0n) is 10.6. The fraction of sp³-hybridized carbons (Fsp3) is 0.231. The topological polar surface area (TPSA) is 85.3 Å². The Morgan fingerprint density at radius 1 is 1.32 bits per heavy atom. The highest BCUT2D eigenvalue weighted by Crippen LogP contribution is 2.15. The van der Waals surface area contributed by atoms with E-state index in [9.17, 15) is 8.42 Å². The van der Waals surface area contributed by atoms with Gasteiger partial charge in [0.2, 0.25) is 10.0 Å². The molecule has 0 spiro atoms. The first-order valence-corrected chi connectivity index (χ1v) is 7.31. The van der Waals surface area contributed by atoms with Gasteiger partial charge in [-0.05, 0) is 36.2 Å². The van der Waals surface area contributed by atoms with E-state index in [1.54, 1.807) is 24.3 Å². The summed E-state index contributed by atoms with van der Waals surface area (Å²) < 4.78 is 31.7. The second kappa shape index (κ2) is 5.56. The van der Waals surface area contributed by atoms with E-state index in [2.05, 4.69) is 4.72 Å². The van der Waals surface area contributed by atoms with Gasteiger partial charge in [0.25, 0.3) is 0 Å². The fourth-order valence-electron chi connectivity index (χ4n) is 1.69. The Bertz CT molecular complexity index is 649. The maximum atomic E-state index is 12.1. The van der Waals surface area contributed by atoms with E-state index in [0.717, 1.165) is 16.7 Å². The van der Waals surface area contributed by atoms with Crippen molar-refractivity contribution < 1.29 is 12.8 Å². The molecule has 102 valence electrons. The average molecular weight is 280 g/mol. The van der Waals surface area contributed by atoms with Crippen LogP contribution >= 0.6 is 0 Å². The fourth-order valence-corrected chi connectivity index (χ4v) is 2.76. The molecular weight excluding hydrogens is 264 g/mol. The zero-order valence-corrected chi connectivity index (χ0v) is 11.4. The van der Waals surface area contributed by atoms with Crippen molar-refractivity contribution >= 4 is 10.0 Å². The van der Waals surface area contributed by atoms with Crippen molar-refractivity contribution in [3.63, 3.8) is 0 Å². The number of rotatable bonds is 5.